The van der Waals surface area contributed by atoms with Gasteiger partial charge in [-0.2, -0.15) is 0 Å². The minimum atomic E-state index is 0.962. The van der Waals surface area contributed by atoms with E-state index in [4.69, 9.17) is 0 Å². The molecule has 1 aliphatic rings. The Morgan fingerprint density at radius 3 is 2.09 bits per heavy atom. The molecule has 0 saturated heterocycles. The van der Waals surface area contributed by atoms with E-state index in [0.717, 1.165) is 6.42 Å². The number of aromatic nitrogens is 2. The molecule has 0 amide bonds. The maximum atomic E-state index is 3.62. The highest BCUT2D eigenvalue weighted by Gasteiger charge is 2.26. The van der Waals surface area contributed by atoms with Gasteiger partial charge in [0, 0.05) is 44.7 Å². The average molecular weight is 421 g/mol. The van der Waals surface area contributed by atoms with Crippen LogP contribution in [-0.4, -0.2) is 9.55 Å². The van der Waals surface area contributed by atoms with Crippen molar-refractivity contribution in [3.05, 3.63) is 114 Å². The molecule has 2 nitrogen and oxygen atoms in total. The van der Waals surface area contributed by atoms with E-state index in [1.807, 2.05) is 0 Å². The minimum Gasteiger partial charge on any atom is -0.355 e. The maximum absolute atomic E-state index is 3.62. The van der Waals surface area contributed by atoms with E-state index in [1.165, 1.54) is 71.6 Å². The van der Waals surface area contributed by atoms with Gasteiger partial charge in [0.1, 0.15) is 0 Å². The Labute approximate surface area is 190 Å². The zero-order valence-corrected chi connectivity index (χ0v) is 18.0. The summed E-state index contributed by atoms with van der Waals surface area (Å²) in [5.41, 5.74) is 11.8. The molecule has 8 rings (SSSR count). The van der Waals surface area contributed by atoms with E-state index in [1.54, 1.807) is 0 Å². The smallest absolute Gasteiger partial charge is 0.0544 e. The molecule has 0 bridgehead atoms. The van der Waals surface area contributed by atoms with Gasteiger partial charge in [-0.25, -0.2) is 0 Å². The Hall–Kier alpha value is -4.30. The van der Waals surface area contributed by atoms with Crippen molar-refractivity contribution in [1.29, 1.82) is 0 Å². The molecule has 1 N–H and O–H groups in total. The number of benzene rings is 5. The van der Waals surface area contributed by atoms with Crippen LogP contribution in [0.25, 0.3) is 60.4 Å². The summed E-state index contributed by atoms with van der Waals surface area (Å²) in [7, 11) is 0. The molecule has 33 heavy (non-hydrogen) atoms. The van der Waals surface area contributed by atoms with Crippen molar-refractivity contribution in [3.63, 3.8) is 0 Å². The fourth-order valence-corrected chi connectivity index (χ4v) is 6.05. The summed E-state index contributed by atoms with van der Waals surface area (Å²) in [6.07, 6.45) is 0.962. The standard InChI is InChI=1S/C31H20N2/c1-2-8-19(9-3-1)33-28-13-7-5-11-23(28)31-25-18-24-20(21(25)15-17-29(31)33)14-16-27-30(24)22-10-4-6-12-26(22)32-27/h1-17,32H,18H2. The van der Waals surface area contributed by atoms with Crippen LogP contribution in [0.1, 0.15) is 11.1 Å². The fraction of sp³-hybridized carbons (Fsp3) is 0.0323. The summed E-state index contributed by atoms with van der Waals surface area (Å²) in [5, 5.41) is 5.41. The van der Waals surface area contributed by atoms with Crippen LogP contribution in [0.4, 0.5) is 0 Å². The van der Waals surface area contributed by atoms with E-state index in [0.29, 0.717) is 0 Å². The van der Waals surface area contributed by atoms with Crippen molar-refractivity contribution in [2.24, 2.45) is 0 Å². The van der Waals surface area contributed by atoms with Gasteiger partial charge in [-0.3, -0.25) is 0 Å². The van der Waals surface area contributed by atoms with Gasteiger partial charge in [0.2, 0.25) is 0 Å². The van der Waals surface area contributed by atoms with Gasteiger partial charge in [0.15, 0.2) is 0 Å². The lowest BCUT2D eigenvalue weighted by molar-refractivity contribution is 1.18. The lowest BCUT2D eigenvalue weighted by Gasteiger charge is -2.08. The van der Waals surface area contributed by atoms with Gasteiger partial charge >= 0.3 is 0 Å². The number of nitrogens with one attached hydrogen (secondary N) is 1. The van der Waals surface area contributed by atoms with Crippen molar-refractivity contribution in [1.82, 2.24) is 9.55 Å². The summed E-state index contributed by atoms with van der Waals surface area (Å²) in [6, 6.07) is 37.4. The number of hydrogen-bond acceptors (Lipinski definition) is 0. The van der Waals surface area contributed by atoms with Crippen molar-refractivity contribution in [2.75, 3.05) is 0 Å². The number of rotatable bonds is 1. The molecule has 1 aliphatic carbocycles. The van der Waals surface area contributed by atoms with Crippen LogP contribution in [0.3, 0.4) is 0 Å². The first kappa shape index (κ1) is 17.3. The SMILES string of the molecule is c1ccc(-n2c3ccccc3c3c4c(ccc32)-c2ccc3[nH]c5ccccc5c3c2C4)cc1. The highest BCUT2D eigenvalue weighted by atomic mass is 15.0. The van der Waals surface area contributed by atoms with E-state index in [-0.39, 0.29) is 0 Å². The summed E-state index contributed by atoms with van der Waals surface area (Å²) in [6.45, 7) is 0. The molecule has 0 aliphatic heterocycles. The third kappa shape index (κ3) is 2.18. The molecule has 2 heterocycles. The Morgan fingerprint density at radius 2 is 1.21 bits per heavy atom. The summed E-state index contributed by atoms with van der Waals surface area (Å²) < 4.78 is 2.41. The number of H-pyrrole nitrogens is 1. The molecular weight excluding hydrogens is 400 g/mol. The van der Waals surface area contributed by atoms with Crippen molar-refractivity contribution < 1.29 is 0 Å². The first-order chi connectivity index (χ1) is 16.4. The summed E-state index contributed by atoms with van der Waals surface area (Å²) >= 11 is 0. The van der Waals surface area contributed by atoms with Gasteiger partial charge in [0.05, 0.1) is 11.0 Å². The second kappa shape index (κ2) is 6.14. The number of hydrogen-bond donors (Lipinski definition) is 1. The minimum absolute atomic E-state index is 0.962. The Kier molecular flexibility index (Phi) is 3.22. The Morgan fingerprint density at radius 1 is 0.515 bits per heavy atom. The zero-order chi connectivity index (χ0) is 21.5. The van der Waals surface area contributed by atoms with E-state index < -0.39 is 0 Å². The molecule has 154 valence electrons. The molecule has 0 atom stereocenters. The number of aromatic amines is 1. The van der Waals surface area contributed by atoms with Gasteiger partial charge in [-0.15, -0.1) is 0 Å². The van der Waals surface area contributed by atoms with Crippen LogP contribution in [0, 0.1) is 0 Å². The van der Waals surface area contributed by atoms with Crippen molar-refractivity contribution in [3.8, 4) is 16.8 Å². The van der Waals surface area contributed by atoms with Gasteiger partial charge in [0.25, 0.3) is 0 Å². The van der Waals surface area contributed by atoms with Crippen molar-refractivity contribution >= 4 is 43.6 Å². The van der Waals surface area contributed by atoms with Crippen LogP contribution in [0.15, 0.2) is 103 Å². The molecule has 0 spiro atoms. The predicted molar refractivity (Wildman–Crippen MR) is 138 cm³/mol. The third-order valence-electron chi connectivity index (χ3n) is 7.38. The third-order valence-corrected chi connectivity index (χ3v) is 7.38. The largest absolute Gasteiger partial charge is 0.355 e. The molecule has 5 aromatic carbocycles. The number of para-hydroxylation sites is 3. The predicted octanol–water partition coefficient (Wildman–Crippen LogP) is 7.99. The average Bonchev–Trinajstić information content (AvgIpc) is 3.53. The van der Waals surface area contributed by atoms with Crippen LogP contribution in [-0.2, 0) is 6.42 Å². The molecule has 0 radical (unpaired) electrons. The molecule has 2 heteroatoms. The zero-order valence-electron chi connectivity index (χ0n) is 18.0. The Bertz CT molecular complexity index is 1880. The first-order valence-corrected chi connectivity index (χ1v) is 11.5. The molecule has 0 saturated carbocycles. The number of nitrogens with zero attached hydrogens (tertiary/aromatic N) is 1. The normalized spacial score (nSPS) is 12.7. The van der Waals surface area contributed by atoms with Crippen LogP contribution < -0.4 is 0 Å². The highest BCUT2D eigenvalue weighted by molar-refractivity contribution is 6.16. The molecule has 0 fully saturated rings. The molecular formula is C31H20N2. The summed E-state index contributed by atoms with van der Waals surface area (Å²) in [5.74, 6) is 0. The molecule has 7 aromatic rings. The molecule has 2 aromatic heterocycles. The lowest BCUT2D eigenvalue weighted by atomic mass is 10.0. The van der Waals surface area contributed by atoms with Gasteiger partial charge in [-0.05, 0) is 58.7 Å². The summed E-state index contributed by atoms with van der Waals surface area (Å²) in [4.78, 5) is 3.62. The van der Waals surface area contributed by atoms with Gasteiger partial charge < -0.3 is 9.55 Å². The van der Waals surface area contributed by atoms with Crippen LogP contribution >= 0.6 is 0 Å². The highest BCUT2D eigenvalue weighted by Crippen LogP contribution is 2.47. The number of fused-ring (bicyclic) bond motifs is 11. The van der Waals surface area contributed by atoms with Gasteiger partial charge in [-0.1, -0.05) is 66.7 Å². The lowest BCUT2D eigenvalue weighted by Crippen LogP contribution is -1.93. The van der Waals surface area contributed by atoms with E-state index in [2.05, 4.69) is 113 Å². The quantitative estimate of drug-likeness (QED) is 0.278. The fourth-order valence-electron chi connectivity index (χ4n) is 6.05. The Balaban J connectivity index is 1.49. The van der Waals surface area contributed by atoms with E-state index in [9.17, 15) is 0 Å². The second-order valence-corrected chi connectivity index (χ2v) is 9.04. The maximum Gasteiger partial charge on any atom is 0.0544 e. The van der Waals surface area contributed by atoms with Crippen molar-refractivity contribution in [2.45, 2.75) is 6.42 Å². The first-order valence-electron chi connectivity index (χ1n) is 11.5. The van der Waals surface area contributed by atoms with Crippen LogP contribution in [0.2, 0.25) is 0 Å². The van der Waals surface area contributed by atoms with Crippen LogP contribution in [0.5, 0.6) is 0 Å². The second-order valence-electron chi connectivity index (χ2n) is 9.04. The molecule has 0 unspecified atom stereocenters. The topological polar surface area (TPSA) is 20.7 Å². The monoisotopic (exact) mass is 420 g/mol. The van der Waals surface area contributed by atoms with E-state index >= 15 is 0 Å².